The molecule has 0 aliphatic carbocycles. The van der Waals surface area contributed by atoms with E-state index in [0.717, 1.165) is 11.1 Å². The zero-order chi connectivity index (χ0) is 12.2. The van der Waals surface area contributed by atoms with Gasteiger partial charge >= 0.3 is 0 Å². The molecule has 3 nitrogen and oxygen atoms in total. The minimum absolute atomic E-state index is 0.0260. The van der Waals surface area contributed by atoms with Gasteiger partial charge in [-0.1, -0.05) is 24.3 Å². The van der Waals surface area contributed by atoms with Gasteiger partial charge in [-0.2, -0.15) is 0 Å². The summed E-state index contributed by atoms with van der Waals surface area (Å²) in [7, 11) is 0. The minimum Gasteiger partial charge on any atom is -0.386 e. The van der Waals surface area contributed by atoms with E-state index in [0.29, 0.717) is 6.54 Å². The fourth-order valence-corrected chi connectivity index (χ4v) is 1.37. The van der Waals surface area contributed by atoms with Crippen LogP contribution in [0.5, 0.6) is 0 Å². The lowest BCUT2D eigenvalue weighted by atomic mass is 9.97. The summed E-state index contributed by atoms with van der Waals surface area (Å²) in [5, 5.41) is 12.4. The average molecular weight is 242 g/mol. The average Bonchev–Trinajstić information content (AvgIpc) is 2.25. The maximum atomic E-state index is 10.9. The largest absolute Gasteiger partial charge is 0.386 e. The summed E-state index contributed by atoms with van der Waals surface area (Å²) in [5.41, 5.74) is 0.990. The SMILES string of the molecule is CC(C)(O)c1ccc(CNC(=O)CCl)cc1. The van der Waals surface area contributed by atoms with Crippen molar-refractivity contribution in [1.82, 2.24) is 5.32 Å². The van der Waals surface area contributed by atoms with Crippen molar-refractivity contribution >= 4 is 17.5 Å². The molecule has 2 N–H and O–H groups in total. The van der Waals surface area contributed by atoms with Gasteiger partial charge < -0.3 is 10.4 Å². The Morgan fingerprint density at radius 2 is 1.94 bits per heavy atom. The quantitative estimate of drug-likeness (QED) is 0.790. The summed E-state index contributed by atoms with van der Waals surface area (Å²) in [6, 6.07) is 7.45. The molecule has 0 saturated heterocycles. The Morgan fingerprint density at radius 1 is 1.38 bits per heavy atom. The molecule has 0 bridgehead atoms. The molecule has 0 aromatic heterocycles. The first-order chi connectivity index (χ1) is 7.43. The lowest BCUT2D eigenvalue weighted by molar-refractivity contribution is -0.118. The van der Waals surface area contributed by atoms with Crippen molar-refractivity contribution in [3.05, 3.63) is 35.4 Å². The van der Waals surface area contributed by atoms with E-state index in [-0.39, 0.29) is 11.8 Å². The van der Waals surface area contributed by atoms with Crippen molar-refractivity contribution in [2.24, 2.45) is 0 Å². The number of amides is 1. The number of rotatable bonds is 4. The molecule has 1 rings (SSSR count). The van der Waals surface area contributed by atoms with Gasteiger partial charge in [-0.25, -0.2) is 0 Å². The number of nitrogens with one attached hydrogen (secondary N) is 1. The van der Waals surface area contributed by atoms with Crippen LogP contribution in [-0.2, 0) is 16.9 Å². The highest BCUT2D eigenvalue weighted by Crippen LogP contribution is 2.19. The maximum absolute atomic E-state index is 10.9. The smallest absolute Gasteiger partial charge is 0.235 e. The lowest BCUT2D eigenvalue weighted by Crippen LogP contribution is -2.23. The number of aliphatic hydroxyl groups is 1. The third kappa shape index (κ3) is 3.83. The predicted octanol–water partition coefficient (Wildman–Crippen LogP) is 1.77. The molecule has 0 fully saturated rings. The minimum atomic E-state index is -0.835. The van der Waals surface area contributed by atoms with Crippen LogP contribution in [0, 0.1) is 0 Å². The molecule has 88 valence electrons. The first-order valence-electron chi connectivity index (χ1n) is 5.08. The van der Waals surface area contributed by atoms with Gasteiger partial charge in [-0.05, 0) is 25.0 Å². The molecular weight excluding hydrogens is 226 g/mol. The molecule has 0 spiro atoms. The first-order valence-corrected chi connectivity index (χ1v) is 5.61. The molecule has 1 aromatic rings. The molecular formula is C12H16ClNO2. The van der Waals surface area contributed by atoms with Crippen LogP contribution in [0.1, 0.15) is 25.0 Å². The summed E-state index contributed by atoms with van der Waals surface area (Å²) >= 11 is 5.36. The molecule has 0 aliphatic rings. The Hall–Kier alpha value is -1.06. The highest BCUT2D eigenvalue weighted by atomic mass is 35.5. The van der Waals surface area contributed by atoms with Crippen molar-refractivity contribution in [1.29, 1.82) is 0 Å². The van der Waals surface area contributed by atoms with Crippen LogP contribution < -0.4 is 5.32 Å². The normalized spacial score (nSPS) is 11.2. The Labute approximate surface area is 100 Å². The van der Waals surface area contributed by atoms with Crippen molar-refractivity contribution < 1.29 is 9.90 Å². The fraction of sp³-hybridized carbons (Fsp3) is 0.417. The van der Waals surface area contributed by atoms with Gasteiger partial charge in [0.15, 0.2) is 0 Å². The molecule has 0 atom stereocenters. The van der Waals surface area contributed by atoms with E-state index in [2.05, 4.69) is 5.32 Å². The van der Waals surface area contributed by atoms with Crippen molar-refractivity contribution in [3.63, 3.8) is 0 Å². The second-order valence-corrected chi connectivity index (χ2v) is 4.43. The Balaban J connectivity index is 2.62. The molecule has 0 unspecified atom stereocenters. The second kappa shape index (κ2) is 5.32. The van der Waals surface area contributed by atoms with Gasteiger partial charge in [0.2, 0.25) is 5.91 Å². The van der Waals surface area contributed by atoms with Crippen LogP contribution in [0.4, 0.5) is 0 Å². The lowest BCUT2D eigenvalue weighted by Gasteiger charge is -2.17. The number of alkyl halides is 1. The number of carbonyl (C=O) groups is 1. The molecule has 0 aliphatic heterocycles. The fourth-order valence-electron chi connectivity index (χ4n) is 1.28. The maximum Gasteiger partial charge on any atom is 0.235 e. The summed E-state index contributed by atoms with van der Waals surface area (Å²) in [6.45, 7) is 3.92. The van der Waals surface area contributed by atoms with Crippen LogP contribution in [0.15, 0.2) is 24.3 Å². The van der Waals surface area contributed by atoms with Gasteiger partial charge in [0.25, 0.3) is 0 Å². The van der Waals surface area contributed by atoms with E-state index in [1.165, 1.54) is 0 Å². The molecule has 0 radical (unpaired) electrons. The van der Waals surface area contributed by atoms with E-state index in [1.54, 1.807) is 13.8 Å². The summed E-state index contributed by atoms with van der Waals surface area (Å²) in [4.78, 5) is 10.9. The summed E-state index contributed by atoms with van der Waals surface area (Å²) in [5.74, 6) is -0.213. The summed E-state index contributed by atoms with van der Waals surface area (Å²) in [6.07, 6.45) is 0. The van der Waals surface area contributed by atoms with E-state index in [9.17, 15) is 9.90 Å². The monoisotopic (exact) mass is 241 g/mol. The Kier molecular flexibility index (Phi) is 4.33. The van der Waals surface area contributed by atoms with Gasteiger partial charge in [-0.15, -0.1) is 11.6 Å². The van der Waals surface area contributed by atoms with E-state index < -0.39 is 5.60 Å². The second-order valence-electron chi connectivity index (χ2n) is 4.17. The van der Waals surface area contributed by atoms with Crippen LogP contribution in [-0.4, -0.2) is 16.9 Å². The predicted molar refractivity (Wildman–Crippen MR) is 64.3 cm³/mol. The molecule has 1 amide bonds. The molecule has 16 heavy (non-hydrogen) atoms. The molecule has 0 saturated carbocycles. The van der Waals surface area contributed by atoms with Crippen molar-refractivity contribution in [2.75, 3.05) is 5.88 Å². The van der Waals surface area contributed by atoms with Crippen LogP contribution in [0.2, 0.25) is 0 Å². The van der Waals surface area contributed by atoms with Gasteiger partial charge in [0.05, 0.1) is 5.60 Å². The highest BCUT2D eigenvalue weighted by molar-refractivity contribution is 6.27. The third-order valence-corrected chi connectivity index (χ3v) is 2.51. The van der Waals surface area contributed by atoms with Gasteiger partial charge in [-0.3, -0.25) is 4.79 Å². The molecule has 0 heterocycles. The molecule has 1 aromatic carbocycles. The Morgan fingerprint density at radius 3 is 2.38 bits per heavy atom. The number of hydrogen-bond donors (Lipinski definition) is 2. The summed E-state index contributed by atoms with van der Waals surface area (Å²) < 4.78 is 0. The van der Waals surface area contributed by atoms with Crippen molar-refractivity contribution in [2.45, 2.75) is 26.0 Å². The first kappa shape index (κ1) is 13.0. The number of benzene rings is 1. The zero-order valence-electron chi connectivity index (χ0n) is 9.46. The van der Waals surface area contributed by atoms with Gasteiger partial charge in [0.1, 0.15) is 5.88 Å². The topological polar surface area (TPSA) is 49.3 Å². The highest BCUT2D eigenvalue weighted by Gasteiger charge is 2.14. The third-order valence-electron chi connectivity index (χ3n) is 2.27. The van der Waals surface area contributed by atoms with E-state index >= 15 is 0 Å². The zero-order valence-corrected chi connectivity index (χ0v) is 10.2. The van der Waals surface area contributed by atoms with Crippen LogP contribution >= 0.6 is 11.6 Å². The van der Waals surface area contributed by atoms with E-state index in [4.69, 9.17) is 11.6 Å². The number of hydrogen-bond acceptors (Lipinski definition) is 2. The van der Waals surface area contributed by atoms with E-state index in [1.807, 2.05) is 24.3 Å². The number of carbonyl (C=O) groups excluding carboxylic acids is 1. The van der Waals surface area contributed by atoms with Crippen molar-refractivity contribution in [3.8, 4) is 0 Å². The van der Waals surface area contributed by atoms with Gasteiger partial charge in [0, 0.05) is 6.54 Å². The Bertz CT molecular complexity index is 354. The van der Waals surface area contributed by atoms with Crippen LogP contribution in [0.25, 0.3) is 0 Å². The molecule has 4 heteroatoms. The standard InChI is InChI=1S/C12H16ClNO2/c1-12(2,16)10-5-3-9(4-6-10)8-14-11(15)7-13/h3-6,16H,7-8H2,1-2H3,(H,14,15). The van der Waals surface area contributed by atoms with Crippen LogP contribution in [0.3, 0.4) is 0 Å². The number of halogens is 1.